The second-order valence-corrected chi connectivity index (χ2v) is 4.71. The highest BCUT2D eigenvalue weighted by Crippen LogP contribution is 2.19. The molecule has 0 saturated heterocycles. The third-order valence-electron chi connectivity index (χ3n) is 3.12. The molecule has 0 aliphatic heterocycles. The van der Waals surface area contributed by atoms with Crippen LogP contribution in [-0.2, 0) is 6.54 Å². The minimum absolute atomic E-state index is 0.831. The molecule has 0 atom stereocenters. The average molecular weight is 252 g/mol. The molecule has 0 fully saturated rings. The molecule has 0 aliphatic rings. The Hall–Kier alpha value is -2.36. The highest BCUT2D eigenvalue weighted by Gasteiger charge is 2.10. The van der Waals surface area contributed by atoms with Crippen LogP contribution in [0.15, 0.2) is 48.8 Å². The Kier molecular flexibility index (Phi) is 2.91. The summed E-state index contributed by atoms with van der Waals surface area (Å²) in [5.41, 5.74) is 3.31. The maximum Gasteiger partial charge on any atom is 0.154 e. The maximum absolute atomic E-state index is 4.48. The molecule has 0 saturated carbocycles. The molecule has 2 aromatic heterocycles. The predicted molar refractivity (Wildman–Crippen MR) is 76.3 cm³/mol. The standard InChI is InChI=1S/C15H16N4/c1-12-10-14-15(16-8-9-19(14)17-12)18(2)11-13-6-4-3-5-7-13/h3-10H,11H2,1-2H3. The van der Waals surface area contributed by atoms with Gasteiger partial charge in [0, 0.05) is 26.0 Å². The molecule has 0 N–H and O–H groups in total. The molecule has 4 heteroatoms. The number of hydrogen-bond acceptors (Lipinski definition) is 3. The van der Waals surface area contributed by atoms with Crippen molar-refractivity contribution in [3.8, 4) is 0 Å². The summed E-state index contributed by atoms with van der Waals surface area (Å²) in [6.07, 6.45) is 3.67. The number of anilines is 1. The molecule has 0 amide bonds. The molecular formula is C15H16N4. The summed E-state index contributed by atoms with van der Waals surface area (Å²) in [7, 11) is 2.05. The Balaban J connectivity index is 1.95. The van der Waals surface area contributed by atoms with Crippen LogP contribution in [0.2, 0.25) is 0 Å². The summed E-state index contributed by atoms with van der Waals surface area (Å²) >= 11 is 0. The molecule has 0 unspecified atom stereocenters. The van der Waals surface area contributed by atoms with Crippen molar-refractivity contribution >= 4 is 11.3 Å². The van der Waals surface area contributed by atoms with Crippen LogP contribution in [0.4, 0.5) is 5.82 Å². The van der Waals surface area contributed by atoms with Crippen molar-refractivity contribution in [3.05, 3.63) is 60.0 Å². The Labute approximate surface area is 112 Å². The van der Waals surface area contributed by atoms with Gasteiger partial charge in [0.2, 0.25) is 0 Å². The van der Waals surface area contributed by atoms with Gasteiger partial charge < -0.3 is 4.90 Å². The van der Waals surface area contributed by atoms with Gasteiger partial charge in [0.25, 0.3) is 0 Å². The molecule has 3 aromatic rings. The van der Waals surface area contributed by atoms with E-state index in [1.165, 1.54) is 5.56 Å². The fourth-order valence-electron chi connectivity index (χ4n) is 2.26. The Morgan fingerprint density at radius 1 is 1.21 bits per heavy atom. The van der Waals surface area contributed by atoms with Gasteiger partial charge >= 0.3 is 0 Å². The summed E-state index contributed by atoms with van der Waals surface area (Å²) in [4.78, 5) is 6.63. The van der Waals surface area contributed by atoms with Crippen LogP contribution < -0.4 is 4.90 Å². The van der Waals surface area contributed by atoms with Gasteiger partial charge in [0.1, 0.15) is 5.52 Å². The van der Waals surface area contributed by atoms with Gasteiger partial charge in [-0.15, -0.1) is 0 Å². The molecule has 1 aromatic carbocycles. The Morgan fingerprint density at radius 2 is 2.00 bits per heavy atom. The normalized spacial score (nSPS) is 10.8. The Bertz CT molecular complexity index is 688. The van der Waals surface area contributed by atoms with Crippen LogP contribution in [0, 0.1) is 6.92 Å². The minimum Gasteiger partial charge on any atom is -0.354 e. The van der Waals surface area contributed by atoms with Crippen molar-refractivity contribution in [2.24, 2.45) is 0 Å². The second-order valence-electron chi connectivity index (χ2n) is 4.71. The zero-order valence-electron chi connectivity index (χ0n) is 11.1. The van der Waals surface area contributed by atoms with Crippen molar-refractivity contribution in [1.29, 1.82) is 0 Å². The van der Waals surface area contributed by atoms with Crippen molar-refractivity contribution < 1.29 is 0 Å². The number of benzene rings is 1. The van der Waals surface area contributed by atoms with E-state index < -0.39 is 0 Å². The highest BCUT2D eigenvalue weighted by atomic mass is 15.3. The summed E-state index contributed by atoms with van der Waals surface area (Å²) in [5, 5.41) is 4.41. The van der Waals surface area contributed by atoms with Gasteiger partial charge in [0.15, 0.2) is 5.82 Å². The molecule has 0 aliphatic carbocycles. The quantitative estimate of drug-likeness (QED) is 0.718. The van der Waals surface area contributed by atoms with Crippen molar-refractivity contribution in [2.75, 3.05) is 11.9 Å². The zero-order valence-corrected chi connectivity index (χ0v) is 11.1. The summed E-state index contributed by atoms with van der Waals surface area (Å²) in [6, 6.07) is 12.4. The van der Waals surface area contributed by atoms with Gasteiger partial charge in [-0.3, -0.25) is 0 Å². The van der Waals surface area contributed by atoms with Gasteiger partial charge in [-0.25, -0.2) is 9.50 Å². The number of aryl methyl sites for hydroxylation is 1. The summed E-state index contributed by atoms with van der Waals surface area (Å²) in [6.45, 7) is 2.83. The van der Waals surface area contributed by atoms with E-state index in [2.05, 4.69) is 52.4 Å². The molecule has 0 spiro atoms. The molecule has 0 bridgehead atoms. The first-order valence-electron chi connectivity index (χ1n) is 6.30. The SMILES string of the molecule is Cc1cc2c(N(C)Cc3ccccc3)nccn2n1. The zero-order chi connectivity index (χ0) is 13.2. The van der Waals surface area contributed by atoms with Crippen LogP contribution in [0.25, 0.3) is 5.52 Å². The van der Waals surface area contributed by atoms with E-state index in [9.17, 15) is 0 Å². The lowest BCUT2D eigenvalue weighted by molar-refractivity contribution is 0.872. The van der Waals surface area contributed by atoms with E-state index in [-0.39, 0.29) is 0 Å². The van der Waals surface area contributed by atoms with Crippen LogP contribution in [-0.4, -0.2) is 21.6 Å². The van der Waals surface area contributed by atoms with Gasteiger partial charge in [-0.05, 0) is 18.6 Å². The Morgan fingerprint density at radius 3 is 2.79 bits per heavy atom. The number of hydrogen-bond donors (Lipinski definition) is 0. The largest absolute Gasteiger partial charge is 0.354 e. The van der Waals surface area contributed by atoms with E-state index >= 15 is 0 Å². The number of nitrogens with zero attached hydrogens (tertiary/aromatic N) is 4. The van der Waals surface area contributed by atoms with Gasteiger partial charge in [0.05, 0.1) is 5.69 Å². The lowest BCUT2D eigenvalue weighted by Gasteiger charge is -2.18. The topological polar surface area (TPSA) is 33.4 Å². The summed E-state index contributed by atoms with van der Waals surface area (Å²) in [5.74, 6) is 0.951. The maximum atomic E-state index is 4.48. The first-order valence-corrected chi connectivity index (χ1v) is 6.30. The minimum atomic E-state index is 0.831. The smallest absolute Gasteiger partial charge is 0.154 e. The van der Waals surface area contributed by atoms with Crippen LogP contribution in [0.3, 0.4) is 0 Å². The van der Waals surface area contributed by atoms with Crippen LogP contribution in [0.1, 0.15) is 11.3 Å². The van der Waals surface area contributed by atoms with E-state index in [4.69, 9.17) is 0 Å². The van der Waals surface area contributed by atoms with E-state index in [1.807, 2.05) is 23.7 Å². The van der Waals surface area contributed by atoms with Gasteiger partial charge in [-0.1, -0.05) is 30.3 Å². The molecule has 2 heterocycles. The van der Waals surface area contributed by atoms with Crippen LogP contribution >= 0.6 is 0 Å². The molecule has 0 radical (unpaired) electrons. The second kappa shape index (κ2) is 4.72. The van der Waals surface area contributed by atoms with E-state index in [0.29, 0.717) is 0 Å². The third kappa shape index (κ3) is 2.29. The predicted octanol–water partition coefficient (Wildman–Crippen LogP) is 2.67. The molecule has 4 nitrogen and oxygen atoms in total. The fourth-order valence-corrected chi connectivity index (χ4v) is 2.26. The monoisotopic (exact) mass is 252 g/mol. The highest BCUT2D eigenvalue weighted by molar-refractivity contribution is 5.68. The number of aromatic nitrogens is 3. The van der Waals surface area contributed by atoms with Crippen LogP contribution in [0.5, 0.6) is 0 Å². The molecule has 3 rings (SSSR count). The number of fused-ring (bicyclic) bond motifs is 1. The molecule has 96 valence electrons. The van der Waals surface area contributed by atoms with Crippen molar-refractivity contribution in [3.63, 3.8) is 0 Å². The third-order valence-corrected chi connectivity index (χ3v) is 3.12. The molecular weight excluding hydrogens is 236 g/mol. The van der Waals surface area contributed by atoms with Gasteiger partial charge in [-0.2, -0.15) is 5.10 Å². The first kappa shape index (κ1) is 11.7. The lowest BCUT2D eigenvalue weighted by Crippen LogP contribution is -2.18. The lowest BCUT2D eigenvalue weighted by atomic mass is 10.2. The van der Waals surface area contributed by atoms with E-state index in [1.54, 1.807) is 6.20 Å². The first-order chi connectivity index (χ1) is 9.24. The summed E-state index contributed by atoms with van der Waals surface area (Å²) < 4.78 is 1.87. The van der Waals surface area contributed by atoms with E-state index in [0.717, 1.165) is 23.6 Å². The molecule has 19 heavy (non-hydrogen) atoms. The fraction of sp³-hybridized carbons (Fsp3) is 0.200. The van der Waals surface area contributed by atoms with Crippen molar-refractivity contribution in [1.82, 2.24) is 14.6 Å². The number of rotatable bonds is 3. The van der Waals surface area contributed by atoms with Crippen molar-refractivity contribution in [2.45, 2.75) is 13.5 Å². The average Bonchev–Trinajstić information content (AvgIpc) is 2.79.